The topological polar surface area (TPSA) is 166 Å². The van der Waals surface area contributed by atoms with E-state index in [0.717, 1.165) is 57.2 Å². The molecule has 4 fully saturated rings. The molecule has 3 N–H and O–H groups in total. The van der Waals surface area contributed by atoms with Gasteiger partial charge < -0.3 is 29.4 Å². The first kappa shape index (κ1) is 39.4. The number of aromatic nitrogens is 1. The lowest BCUT2D eigenvalue weighted by Crippen LogP contribution is -2.76. The van der Waals surface area contributed by atoms with Crippen LogP contribution in [0.15, 0.2) is 85.5 Å². The van der Waals surface area contributed by atoms with Crippen LogP contribution in [0.25, 0.3) is 0 Å². The van der Waals surface area contributed by atoms with Crippen molar-refractivity contribution in [1.82, 2.24) is 39.9 Å². The van der Waals surface area contributed by atoms with Gasteiger partial charge in [0.25, 0.3) is 0 Å². The second-order valence-electron chi connectivity index (χ2n) is 14.6. The number of nitrogens with one attached hydrogen (secondary N) is 1. The van der Waals surface area contributed by atoms with Gasteiger partial charge in [-0.15, -0.1) is 6.58 Å². The highest BCUT2D eigenvalue weighted by Crippen LogP contribution is 2.38. The average Bonchev–Trinajstić information content (AvgIpc) is 3.16. The number of phosphoric ester groups is 1. The molecule has 4 amide bonds. The first-order chi connectivity index (χ1) is 27.0. The molecule has 16 nitrogen and oxygen atoms in total. The Morgan fingerprint density at radius 3 is 2.38 bits per heavy atom. The van der Waals surface area contributed by atoms with Crippen LogP contribution in [0.1, 0.15) is 23.7 Å². The molecule has 3 aromatic rings. The van der Waals surface area contributed by atoms with Gasteiger partial charge in [-0.1, -0.05) is 61.5 Å². The average molecular weight is 788 g/mol. The minimum atomic E-state index is -4.77. The van der Waals surface area contributed by atoms with Crippen molar-refractivity contribution in [3.8, 4) is 5.75 Å². The van der Waals surface area contributed by atoms with Gasteiger partial charge in [0, 0.05) is 64.8 Å². The van der Waals surface area contributed by atoms with Crippen LogP contribution in [-0.2, 0) is 33.7 Å². The largest absolute Gasteiger partial charge is 0.524 e. The fraction of sp³-hybridized carbons (Fsp3) is 0.436. The third-order valence-corrected chi connectivity index (χ3v) is 11.4. The first-order valence-electron chi connectivity index (χ1n) is 19.1. The van der Waals surface area contributed by atoms with Crippen LogP contribution >= 0.6 is 7.82 Å². The second kappa shape index (κ2) is 17.1. The Morgan fingerprint density at radius 1 is 0.964 bits per heavy atom. The fourth-order valence-electron chi connectivity index (χ4n) is 7.99. The van der Waals surface area contributed by atoms with Gasteiger partial charge >= 0.3 is 13.9 Å². The zero-order chi connectivity index (χ0) is 39.4. The summed E-state index contributed by atoms with van der Waals surface area (Å²) >= 11 is 0. The molecule has 0 radical (unpaired) electrons. The molecule has 0 bridgehead atoms. The maximum Gasteiger partial charge on any atom is 0.524 e. The zero-order valence-corrected chi connectivity index (χ0v) is 32.5. The zero-order valence-electron chi connectivity index (χ0n) is 31.6. The lowest BCUT2D eigenvalue weighted by atomic mass is 9.98. The highest BCUT2D eigenvalue weighted by atomic mass is 31.2. The quantitative estimate of drug-likeness (QED) is 0.171. The molecule has 7 rings (SSSR count). The molecule has 17 heteroatoms. The standard InChI is InChI=1S/C39H50N9O7P/c1-3-17-46-28-37(49)47-34(22-29-13-15-33(16-14-29)55-56(52,53)54)38(50)45(27-36(47)48(46)39(51)40-23-30-9-6-5-7-10-30)24-31-11-8-12-35(41-31)44-25-32(26-44)43-20-18-42(4-2)19-21-43/h3,5-16,32,34,36H,1,4,17-28H2,2H3,(H,40,51)(H2,52,53,54)/t34-,36?/m0/s1. The van der Waals surface area contributed by atoms with Crippen molar-refractivity contribution in [2.45, 2.75) is 44.7 Å². The summed E-state index contributed by atoms with van der Waals surface area (Å²) in [5.74, 6) is 0.199. The van der Waals surface area contributed by atoms with Crippen molar-refractivity contribution in [3.05, 3.63) is 102 Å². The lowest BCUT2D eigenvalue weighted by molar-refractivity contribution is -0.189. The van der Waals surface area contributed by atoms with Gasteiger partial charge in [-0.3, -0.25) is 24.3 Å². The summed E-state index contributed by atoms with van der Waals surface area (Å²) in [6.45, 7) is 13.8. The lowest BCUT2D eigenvalue weighted by Gasteiger charge is -2.55. The number of carbonyl (C=O) groups excluding carboxylic acids is 3. The van der Waals surface area contributed by atoms with E-state index in [1.54, 1.807) is 28.1 Å². The molecule has 1 unspecified atom stereocenters. The number of phosphoric acid groups is 1. The van der Waals surface area contributed by atoms with E-state index in [2.05, 4.69) is 33.5 Å². The fourth-order valence-corrected chi connectivity index (χ4v) is 8.39. The Bertz CT molecular complexity index is 1920. The third kappa shape index (κ3) is 9.07. The number of hydrazine groups is 1. The van der Waals surface area contributed by atoms with Crippen LogP contribution in [0.2, 0.25) is 0 Å². The minimum absolute atomic E-state index is 0.0366. The summed E-state index contributed by atoms with van der Waals surface area (Å²) in [5.41, 5.74) is 2.23. The molecule has 0 spiro atoms. The summed E-state index contributed by atoms with van der Waals surface area (Å²) in [4.78, 5) is 76.6. The Kier molecular flexibility index (Phi) is 12.0. The minimum Gasteiger partial charge on any atom is -0.404 e. The highest BCUT2D eigenvalue weighted by molar-refractivity contribution is 7.46. The number of urea groups is 1. The van der Waals surface area contributed by atoms with Gasteiger partial charge in [0.05, 0.1) is 25.3 Å². The van der Waals surface area contributed by atoms with Crippen molar-refractivity contribution >= 4 is 31.5 Å². The smallest absolute Gasteiger partial charge is 0.404 e. The predicted molar refractivity (Wildman–Crippen MR) is 209 cm³/mol. The monoisotopic (exact) mass is 787 g/mol. The van der Waals surface area contributed by atoms with E-state index in [4.69, 9.17) is 9.51 Å². The molecule has 2 atom stereocenters. The van der Waals surface area contributed by atoms with E-state index >= 15 is 0 Å². The van der Waals surface area contributed by atoms with Gasteiger partial charge in [-0.2, -0.15) is 0 Å². The molecule has 5 heterocycles. The van der Waals surface area contributed by atoms with Crippen molar-refractivity contribution in [2.75, 3.05) is 70.3 Å². The number of fused-ring (bicyclic) bond motifs is 1. The number of piperazine rings is 2. The number of pyridine rings is 1. The summed E-state index contributed by atoms with van der Waals surface area (Å²) in [6.07, 6.45) is 0.870. The van der Waals surface area contributed by atoms with Gasteiger partial charge in [-0.05, 0) is 41.9 Å². The summed E-state index contributed by atoms with van der Waals surface area (Å²) in [6, 6.07) is 20.4. The van der Waals surface area contributed by atoms with Gasteiger partial charge in [0.15, 0.2) is 0 Å². The van der Waals surface area contributed by atoms with E-state index in [-0.39, 0.29) is 56.7 Å². The number of nitrogens with zero attached hydrogens (tertiary/aromatic N) is 8. The summed E-state index contributed by atoms with van der Waals surface area (Å²) in [5, 5.41) is 6.18. The van der Waals surface area contributed by atoms with E-state index in [9.17, 15) is 28.7 Å². The van der Waals surface area contributed by atoms with Crippen LogP contribution in [0.4, 0.5) is 10.6 Å². The first-order valence-corrected chi connectivity index (χ1v) is 20.6. The molecule has 0 saturated carbocycles. The molecule has 298 valence electrons. The second-order valence-corrected chi connectivity index (χ2v) is 15.8. The SMILES string of the molecule is C=CCN1CC(=O)N2C(CN(Cc3cccc(N4CC(N5CCN(CC)CC5)C4)n3)C(=O)[C@@H]2Cc2ccc(OP(=O)(O)O)cc2)N1C(=O)NCc1ccccc1. The number of anilines is 1. The van der Waals surface area contributed by atoms with Crippen LogP contribution in [0.3, 0.4) is 0 Å². The maximum absolute atomic E-state index is 14.5. The molecule has 1 aromatic heterocycles. The van der Waals surface area contributed by atoms with Crippen LogP contribution in [-0.4, -0.2) is 146 Å². The number of hydrogen-bond donors (Lipinski definition) is 3. The molecule has 4 saturated heterocycles. The number of carbonyl (C=O) groups is 3. The summed E-state index contributed by atoms with van der Waals surface area (Å²) in [7, 11) is -4.77. The van der Waals surface area contributed by atoms with Gasteiger partial charge in [-0.25, -0.2) is 24.4 Å². The summed E-state index contributed by atoms with van der Waals surface area (Å²) < 4.78 is 16.1. The number of likely N-dealkylation sites (N-methyl/N-ethyl adjacent to an activating group) is 1. The van der Waals surface area contributed by atoms with Crippen molar-refractivity contribution in [1.29, 1.82) is 0 Å². The third-order valence-electron chi connectivity index (χ3n) is 10.9. The predicted octanol–water partition coefficient (Wildman–Crippen LogP) is 2.12. The molecule has 2 aromatic carbocycles. The molecule has 4 aliphatic heterocycles. The molecular weight excluding hydrogens is 737 g/mol. The normalized spacial score (nSPS) is 21.5. The van der Waals surface area contributed by atoms with Crippen LogP contribution < -0.4 is 14.7 Å². The molecule has 0 aliphatic carbocycles. The van der Waals surface area contributed by atoms with Crippen LogP contribution in [0.5, 0.6) is 5.75 Å². The van der Waals surface area contributed by atoms with Crippen molar-refractivity contribution in [3.63, 3.8) is 0 Å². The highest BCUT2D eigenvalue weighted by Gasteiger charge is 2.51. The maximum atomic E-state index is 14.5. The Labute approximate surface area is 327 Å². The number of amides is 4. The van der Waals surface area contributed by atoms with E-state index in [1.165, 1.54) is 22.0 Å². The van der Waals surface area contributed by atoms with Gasteiger partial charge in [0.1, 0.15) is 23.8 Å². The van der Waals surface area contributed by atoms with E-state index in [0.29, 0.717) is 17.3 Å². The number of rotatable bonds is 13. The van der Waals surface area contributed by atoms with Crippen molar-refractivity contribution < 1.29 is 33.3 Å². The van der Waals surface area contributed by atoms with Crippen molar-refractivity contribution in [2.24, 2.45) is 0 Å². The van der Waals surface area contributed by atoms with Crippen LogP contribution in [0, 0.1) is 0 Å². The Morgan fingerprint density at radius 2 is 1.70 bits per heavy atom. The molecular formula is C39H50N9O7P. The van der Waals surface area contributed by atoms with E-state index < -0.39 is 26.1 Å². The van der Waals surface area contributed by atoms with Gasteiger partial charge in [0.2, 0.25) is 11.8 Å². The molecule has 4 aliphatic rings. The Balaban J connectivity index is 1.13. The Hall–Kier alpha value is -4.83. The number of benzene rings is 2. The van der Waals surface area contributed by atoms with E-state index in [1.807, 2.05) is 48.5 Å². The molecule has 56 heavy (non-hydrogen) atoms. The number of hydrogen-bond acceptors (Lipinski definition) is 10.